The Morgan fingerprint density at radius 1 is 1.36 bits per heavy atom. The molecule has 0 radical (unpaired) electrons. The van der Waals surface area contributed by atoms with Gasteiger partial charge in [0.15, 0.2) is 4.96 Å². The average Bonchev–Trinajstić information content (AvgIpc) is 3.31. The van der Waals surface area contributed by atoms with Gasteiger partial charge < -0.3 is 10.2 Å². The van der Waals surface area contributed by atoms with Crippen LogP contribution in [0.3, 0.4) is 0 Å². The normalized spacial score (nSPS) is 12.6. The van der Waals surface area contributed by atoms with Crippen LogP contribution in [0.25, 0.3) is 15.3 Å². The monoisotopic (exact) mass is 370 g/mol. The number of anilines is 1. The van der Waals surface area contributed by atoms with Crippen LogP contribution in [0.2, 0.25) is 0 Å². The third-order valence-corrected chi connectivity index (χ3v) is 6.12. The number of hydrogen-bond donors (Lipinski definition) is 1. The standard InChI is InChI=1S/C18H18N4OS2/c1-12(21(2)13-6-4-3-5-7-13)11-19-16(23)15-10-14-17(25-15)20-18-22(14)8-9-24-18/h3-10,12H,11H2,1-2H3,(H,19,23). The molecule has 4 aromatic rings. The van der Waals surface area contributed by atoms with Crippen LogP contribution >= 0.6 is 22.7 Å². The summed E-state index contributed by atoms with van der Waals surface area (Å²) in [6.07, 6.45) is 1.99. The topological polar surface area (TPSA) is 49.6 Å². The number of thiophene rings is 1. The van der Waals surface area contributed by atoms with Gasteiger partial charge in [-0.25, -0.2) is 4.98 Å². The van der Waals surface area contributed by atoms with Gasteiger partial charge in [0.2, 0.25) is 0 Å². The third kappa shape index (κ3) is 3.01. The minimum Gasteiger partial charge on any atom is -0.370 e. The molecular weight excluding hydrogens is 352 g/mol. The number of carbonyl (C=O) groups excluding carboxylic acids is 1. The first kappa shape index (κ1) is 16.1. The molecule has 128 valence electrons. The number of aromatic nitrogens is 2. The number of nitrogens with zero attached hydrogens (tertiary/aromatic N) is 3. The van der Waals surface area contributed by atoms with Crippen molar-refractivity contribution in [1.29, 1.82) is 0 Å². The van der Waals surface area contributed by atoms with Gasteiger partial charge in [0, 0.05) is 36.9 Å². The minimum atomic E-state index is -0.0414. The zero-order chi connectivity index (χ0) is 17.4. The molecule has 1 N–H and O–H groups in total. The zero-order valence-electron chi connectivity index (χ0n) is 14.0. The number of amides is 1. The third-order valence-electron chi connectivity index (χ3n) is 4.35. The second kappa shape index (κ2) is 6.50. The Balaban J connectivity index is 1.44. The van der Waals surface area contributed by atoms with Crippen molar-refractivity contribution < 1.29 is 4.79 Å². The summed E-state index contributed by atoms with van der Waals surface area (Å²) in [7, 11) is 2.04. The van der Waals surface area contributed by atoms with Crippen LogP contribution in [0.1, 0.15) is 16.6 Å². The first-order valence-corrected chi connectivity index (χ1v) is 9.74. The van der Waals surface area contributed by atoms with E-state index in [4.69, 9.17) is 0 Å². The number of carbonyl (C=O) groups is 1. The van der Waals surface area contributed by atoms with E-state index >= 15 is 0 Å². The summed E-state index contributed by atoms with van der Waals surface area (Å²) in [6.45, 7) is 2.69. The molecule has 0 aliphatic heterocycles. The second-order valence-electron chi connectivity index (χ2n) is 5.97. The Hall–Kier alpha value is -2.38. The lowest BCUT2D eigenvalue weighted by Gasteiger charge is -2.27. The zero-order valence-corrected chi connectivity index (χ0v) is 15.6. The fourth-order valence-electron chi connectivity index (χ4n) is 2.74. The van der Waals surface area contributed by atoms with E-state index in [1.807, 2.05) is 47.3 Å². The van der Waals surface area contributed by atoms with E-state index < -0.39 is 0 Å². The molecule has 3 aromatic heterocycles. The maximum atomic E-state index is 12.5. The lowest BCUT2D eigenvalue weighted by atomic mass is 10.2. The van der Waals surface area contributed by atoms with Crippen LogP contribution in [0.5, 0.6) is 0 Å². The van der Waals surface area contributed by atoms with E-state index in [2.05, 4.69) is 34.3 Å². The largest absolute Gasteiger partial charge is 0.370 e. The van der Waals surface area contributed by atoms with E-state index in [0.717, 1.165) is 21.0 Å². The highest BCUT2D eigenvalue weighted by atomic mass is 32.1. The maximum Gasteiger partial charge on any atom is 0.261 e. The Morgan fingerprint density at radius 2 is 2.16 bits per heavy atom. The van der Waals surface area contributed by atoms with Crippen LogP contribution < -0.4 is 10.2 Å². The highest BCUT2D eigenvalue weighted by molar-refractivity contribution is 7.21. The number of likely N-dealkylation sites (N-methyl/N-ethyl adjacent to an activating group) is 1. The summed E-state index contributed by atoms with van der Waals surface area (Å²) in [5, 5.41) is 5.04. The number of imidazole rings is 1. The van der Waals surface area contributed by atoms with Crippen molar-refractivity contribution in [2.45, 2.75) is 13.0 Å². The quantitative estimate of drug-likeness (QED) is 0.580. The first-order valence-electron chi connectivity index (χ1n) is 8.04. The van der Waals surface area contributed by atoms with E-state index in [0.29, 0.717) is 11.4 Å². The van der Waals surface area contributed by atoms with Gasteiger partial charge in [-0.15, -0.1) is 22.7 Å². The summed E-state index contributed by atoms with van der Waals surface area (Å²) < 4.78 is 2.03. The van der Waals surface area contributed by atoms with Crippen LogP contribution in [-0.4, -0.2) is 34.9 Å². The average molecular weight is 371 g/mol. The number of fused-ring (bicyclic) bond motifs is 3. The van der Waals surface area contributed by atoms with Crippen molar-refractivity contribution in [3.05, 3.63) is 52.9 Å². The number of para-hydroxylation sites is 1. The summed E-state index contributed by atoms with van der Waals surface area (Å²) >= 11 is 3.04. The summed E-state index contributed by atoms with van der Waals surface area (Å²) in [5.74, 6) is -0.0414. The molecule has 1 aromatic carbocycles. The van der Waals surface area contributed by atoms with Gasteiger partial charge in [-0.05, 0) is 25.1 Å². The molecule has 3 heterocycles. The highest BCUT2D eigenvalue weighted by Crippen LogP contribution is 2.28. The predicted molar refractivity (Wildman–Crippen MR) is 105 cm³/mol. The number of nitrogens with one attached hydrogen (secondary N) is 1. The van der Waals surface area contributed by atoms with Gasteiger partial charge in [-0.1, -0.05) is 18.2 Å². The Labute approximate surface area is 153 Å². The predicted octanol–water partition coefficient (Wildman–Crippen LogP) is 3.87. The first-order chi connectivity index (χ1) is 12.1. The van der Waals surface area contributed by atoms with Crippen molar-refractivity contribution in [1.82, 2.24) is 14.7 Å². The Morgan fingerprint density at radius 3 is 2.96 bits per heavy atom. The van der Waals surface area contributed by atoms with Crippen molar-refractivity contribution in [2.75, 3.05) is 18.5 Å². The summed E-state index contributed by atoms with van der Waals surface area (Å²) in [6, 6.07) is 12.3. The number of thiazole rings is 1. The van der Waals surface area contributed by atoms with E-state index in [9.17, 15) is 4.79 Å². The maximum absolute atomic E-state index is 12.5. The van der Waals surface area contributed by atoms with Crippen LogP contribution in [0.15, 0.2) is 48.0 Å². The second-order valence-corrected chi connectivity index (χ2v) is 7.88. The molecule has 0 fully saturated rings. The van der Waals surface area contributed by atoms with Crippen molar-refractivity contribution >= 4 is 49.6 Å². The molecule has 0 bridgehead atoms. The lowest BCUT2D eigenvalue weighted by molar-refractivity contribution is 0.0955. The van der Waals surface area contributed by atoms with Crippen LogP contribution in [0, 0.1) is 0 Å². The van der Waals surface area contributed by atoms with Crippen LogP contribution in [-0.2, 0) is 0 Å². The molecule has 5 nitrogen and oxygen atoms in total. The molecule has 0 saturated heterocycles. The fourth-order valence-corrected chi connectivity index (χ4v) is 4.46. The molecule has 0 spiro atoms. The van der Waals surface area contributed by atoms with Crippen LogP contribution in [0.4, 0.5) is 5.69 Å². The van der Waals surface area contributed by atoms with E-state index in [-0.39, 0.29) is 11.9 Å². The summed E-state index contributed by atoms with van der Waals surface area (Å²) in [5.41, 5.74) is 2.14. The molecule has 4 rings (SSSR count). The molecule has 7 heteroatoms. The molecule has 0 aliphatic rings. The number of rotatable bonds is 5. The molecule has 1 unspecified atom stereocenters. The van der Waals surface area contributed by atoms with E-state index in [1.54, 1.807) is 11.3 Å². The van der Waals surface area contributed by atoms with Gasteiger partial charge in [0.05, 0.1) is 10.4 Å². The highest BCUT2D eigenvalue weighted by Gasteiger charge is 2.16. The van der Waals surface area contributed by atoms with Crippen molar-refractivity contribution in [3.8, 4) is 0 Å². The van der Waals surface area contributed by atoms with Gasteiger partial charge in [0.25, 0.3) is 5.91 Å². The van der Waals surface area contributed by atoms with Crippen molar-refractivity contribution in [2.24, 2.45) is 0 Å². The molecule has 25 heavy (non-hydrogen) atoms. The van der Waals surface area contributed by atoms with Gasteiger partial charge in [0.1, 0.15) is 4.83 Å². The lowest BCUT2D eigenvalue weighted by Crippen LogP contribution is -2.40. The SMILES string of the molecule is CC(CNC(=O)c1cc2c(nc3sccn32)s1)N(C)c1ccccc1. The number of benzene rings is 1. The molecular formula is C18H18N4OS2. The minimum absolute atomic E-state index is 0.0414. The van der Waals surface area contributed by atoms with Crippen molar-refractivity contribution in [3.63, 3.8) is 0 Å². The van der Waals surface area contributed by atoms with Gasteiger partial charge in [-0.2, -0.15) is 0 Å². The number of hydrogen-bond acceptors (Lipinski definition) is 5. The summed E-state index contributed by atoms with van der Waals surface area (Å²) in [4.78, 5) is 21.8. The Bertz CT molecular complexity index is 1020. The van der Waals surface area contributed by atoms with Gasteiger partial charge in [-0.3, -0.25) is 9.20 Å². The Kier molecular flexibility index (Phi) is 4.19. The fraction of sp³-hybridized carbons (Fsp3) is 0.222. The molecule has 0 aliphatic carbocycles. The molecule has 1 atom stereocenters. The molecule has 0 saturated carbocycles. The van der Waals surface area contributed by atoms with Gasteiger partial charge >= 0.3 is 0 Å². The smallest absolute Gasteiger partial charge is 0.261 e. The van der Waals surface area contributed by atoms with E-state index in [1.165, 1.54) is 11.3 Å². The molecule has 1 amide bonds.